The number of hydrogen-bond acceptors (Lipinski definition) is 1. The van der Waals surface area contributed by atoms with Gasteiger partial charge in [-0.25, -0.2) is 4.39 Å². The molecule has 1 aliphatic heterocycles. The minimum absolute atomic E-state index is 0.104. The lowest BCUT2D eigenvalue weighted by atomic mass is 10.0. The Balaban J connectivity index is 2.35. The van der Waals surface area contributed by atoms with Crippen molar-refractivity contribution >= 4 is 35.0 Å². The molecule has 2 rings (SSSR count). The maximum atomic E-state index is 13.1. The highest BCUT2D eigenvalue weighted by Crippen LogP contribution is 2.49. The van der Waals surface area contributed by atoms with Gasteiger partial charge in [-0.3, -0.25) is 0 Å². The predicted octanol–water partition coefficient (Wildman–Crippen LogP) is 4.51. The fraction of sp³-hybridized carbons (Fsp3) is 0.300. The van der Waals surface area contributed by atoms with Crippen molar-refractivity contribution in [3.05, 3.63) is 39.5 Å². The third-order valence-electron chi connectivity index (χ3n) is 2.23. The second-order valence-electron chi connectivity index (χ2n) is 3.34. The summed E-state index contributed by atoms with van der Waals surface area (Å²) in [5.74, 6) is 1.92. The number of hydrogen-bond donors (Lipinski definition) is 0. The Bertz CT molecular complexity index is 344. The Morgan fingerprint density at radius 3 is 2.29 bits per heavy atom. The second kappa shape index (κ2) is 3.92. The lowest BCUT2D eigenvalue weighted by Crippen LogP contribution is -2.17. The molecular formula is C10H8Cl2FS. The number of benzene rings is 1. The van der Waals surface area contributed by atoms with Crippen LogP contribution in [-0.2, 0) is 0 Å². The number of halogens is 3. The zero-order chi connectivity index (χ0) is 10.3. The van der Waals surface area contributed by atoms with Gasteiger partial charge >= 0.3 is 0 Å². The fourth-order valence-electron chi connectivity index (χ4n) is 1.44. The molecule has 1 fully saturated rings. The van der Waals surface area contributed by atoms with Crippen LogP contribution in [-0.4, -0.2) is 5.75 Å². The van der Waals surface area contributed by atoms with Crippen molar-refractivity contribution < 1.29 is 4.39 Å². The molecule has 1 radical (unpaired) electrons. The highest BCUT2D eigenvalue weighted by atomic mass is 35.5. The summed E-state index contributed by atoms with van der Waals surface area (Å²) in [7, 11) is 0. The molecule has 0 aromatic heterocycles. The zero-order valence-electron chi connectivity index (χ0n) is 7.48. The first-order valence-electron chi connectivity index (χ1n) is 4.18. The minimum atomic E-state index is -0.529. The molecule has 14 heavy (non-hydrogen) atoms. The van der Waals surface area contributed by atoms with Gasteiger partial charge < -0.3 is 0 Å². The van der Waals surface area contributed by atoms with E-state index in [4.69, 9.17) is 23.2 Å². The third kappa shape index (κ3) is 1.75. The normalized spacial score (nSPS) is 22.1. The van der Waals surface area contributed by atoms with Crippen molar-refractivity contribution in [1.82, 2.24) is 0 Å². The molecule has 0 N–H and O–H groups in total. The van der Waals surface area contributed by atoms with Gasteiger partial charge in [0.25, 0.3) is 0 Å². The molecule has 1 aromatic carbocycles. The SMILES string of the molecule is C[C]1CSC1c1cc(Cl)c(F)c(Cl)c1. The van der Waals surface area contributed by atoms with E-state index in [0.717, 1.165) is 11.3 Å². The summed E-state index contributed by atoms with van der Waals surface area (Å²) in [4.78, 5) is 0. The molecule has 1 aromatic rings. The van der Waals surface area contributed by atoms with Crippen LogP contribution in [0.4, 0.5) is 4.39 Å². The van der Waals surface area contributed by atoms with E-state index >= 15 is 0 Å². The number of rotatable bonds is 1. The molecule has 1 unspecified atom stereocenters. The van der Waals surface area contributed by atoms with Crippen molar-refractivity contribution in [2.24, 2.45) is 0 Å². The van der Waals surface area contributed by atoms with Crippen LogP contribution in [0.25, 0.3) is 0 Å². The van der Waals surface area contributed by atoms with Crippen LogP contribution in [0.1, 0.15) is 17.7 Å². The summed E-state index contributed by atoms with van der Waals surface area (Å²) in [6, 6.07) is 3.31. The largest absolute Gasteiger partial charge is 0.204 e. The molecule has 0 spiro atoms. The molecule has 75 valence electrons. The van der Waals surface area contributed by atoms with Gasteiger partial charge in [0.1, 0.15) is 0 Å². The van der Waals surface area contributed by atoms with Crippen LogP contribution >= 0.6 is 35.0 Å². The van der Waals surface area contributed by atoms with Gasteiger partial charge in [-0.2, -0.15) is 11.8 Å². The molecule has 1 atom stereocenters. The van der Waals surface area contributed by atoms with Gasteiger partial charge in [-0.1, -0.05) is 30.1 Å². The molecule has 1 saturated heterocycles. The van der Waals surface area contributed by atoms with E-state index in [-0.39, 0.29) is 10.0 Å². The zero-order valence-corrected chi connectivity index (χ0v) is 9.81. The van der Waals surface area contributed by atoms with E-state index in [1.54, 1.807) is 12.1 Å². The quantitative estimate of drug-likeness (QED) is 0.660. The molecule has 0 aliphatic carbocycles. The first-order valence-corrected chi connectivity index (χ1v) is 5.98. The Hall–Kier alpha value is 0.0800. The van der Waals surface area contributed by atoms with E-state index in [1.165, 1.54) is 5.92 Å². The van der Waals surface area contributed by atoms with Crippen molar-refractivity contribution in [3.8, 4) is 0 Å². The van der Waals surface area contributed by atoms with Crippen molar-refractivity contribution in [2.75, 3.05) is 5.75 Å². The van der Waals surface area contributed by atoms with Crippen LogP contribution in [0.3, 0.4) is 0 Å². The molecule has 0 amide bonds. The average molecular weight is 250 g/mol. The van der Waals surface area contributed by atoms with E-state index in [2.05, 4.69) is 6.92 Å². The Morgan fingerprint density at radius 1 is 1.36 bits per heavy atom. The summed E-state index contributed by atoms with van der Waals surface area (Å²) in [6.07, 6.45) is 0. The molecule has 4 heteroatoms. The van der Waals surface area contributed by atoms with E-state index in [1.807, 2.05) is 11.8 Å². The summed E-state index contributed by atoms with van der Waals surface area (Å²) in [5, 5.41) is 0.547. The molecule has 1 heterocycles. The van der Waals surface area contributed by atoms with E-state index < -0.39 is 5.82 Å². The van der Waals surface area contributed by atoms with Gasteiger partial charge in [-0.05, 0) is 17.7 Å². The van der Waals surface area contributed by atoms with Crippen LogP contribution in [0.5, 0.6) is 0 Å². The third-order valence-corrected chi connectivity index (χ3v) is 4.41. The first-order chi connectivity index (χ1) is 6.59. The topological polar surface area (TPSA) is 0 Å². The van der Waals surface area contributed by atoms with Gasteiger partial charge in [0.2, 0.25) is 0 Å². The monoisotopic (exact) mass is 249 g/mol. The van der Waals surface area contributed by atoms with Crippen molar-refractivity contribution in [3.63, 3.8) is 0 Å². The molecule has 0 nitrogen and oxygen atoms in total. The Morgan fingerprint density at radius 2 is 1.93 bits per heavy atom. The van der Waals surface area contributed by atoms with Crippen LogP contribution < -0.4 is 0 Å². The van der Waals surface area contributed by atoms with Crippen molar-refractivity contribution in [2.45, 2.75) is 12.2 Å². The molecule has 0 saturated carbocycles. The average Bonchev–Trinajstić information content (AvgIpc) is 2.11. The summed E-state index contributed by atoms with van der Waals surface area (Å²) < 4.78 is 13.1. The summed E-state index contributed by atoms with van der Waals surface area (Å²) in [5.41, 5.74) is 0.996. The van der Waals surface area contributed by atoms with Crippen LogP contribution in [0, 0.1) is 11.7 Å². The lowest BCUT2D eigenvalue weighted by molar-refractivity contribution is 0.627. The molecule has 0 bridgehead atoms. The van der Waals surface area contributed by atoms with E-state index in [0.29, 0.717) is 5.25 Å². The highest BCUT2D eigenvalue weighted by Gasteiger charge is 2.30. The second-order valence-corrected chi connectivity index (χ2v) is 5.24. The lowest BCUT2D eigenvalue weighted by Gasteiger charge is -2.33. The standard InChI is InChI=1S/C10H8Cl2FS/c1-5-4-14-10(5)6-2-7(11)9(13)8(12)3-6/h2-3,10H,4H2,1H3. The predicted molar refractivity (Wildman–Crippen MR) is 60.5 cm³/mol. The van der Waals surface area contributed by atoms with Crippen LogP contribution in [0.2, 0.25) is 10.0 Å². The Labute approximate surface area is 96.8 Å². The summed E-state index contributed by atoms with van der Waals surface area (Å²) in [6.45, 7) is 2.09. The minimum Gasteiger partial charge on any atom is -0.204 e. The molecular weight excluding hydrogens is 242 g/mol. The van der Waals surface area contributed by atoms with E-state index in [9.17, 15) is 4.39 Å². The first kappa shape index (κ1) is 10.6. The van der Waals surface area contributed by atoms with Crippen LogP contribution in [0.15, 0.2) is 12.1 Å². The maximum Gasteiger partial charge on any atom is 0.160 e. The van der Waals surface area contributed by atoms with Gasteiger partial charge in [0.05, 0.1) is 10.0 Å². The van der Waals surface area contributed by atoms with Gasteiger partial charge in [0, 0.05) is 16.9 Å². The molecule has 1 aliphatic rings. The fourth-order valence-corrected chi connectivity index (χ4v) is 2.94. The number of thioether (sulfide) groups is 1. The maximum absolute atomic E-state index is 13.1. The van der Waals surface area contributed by atoms with Crippen molar-refractivity contribution in [1.29, 1.82) is 0 Å². The summed E-state index contributed by atoms with van der Waals surface area (Å²) >= 11 is 13.2. The van der Waals surface area contributed by atoms with Gasteiger partial charge in [-0.15, -0.1) is 0 Å². The Kier molecular flexibility index (Phi) is 2.96. The highest BCUT2D eigenvalue weighted by molar-refractivity contribution is 8.01. The van der Waals surface area contributed by atoms with Gasteiger partial charge in [0.15, 0.2) is 5.82 Å². The smallest absolute Gasteiger partial charge is 0.160 e.